The van der Waals surface area contributed by atoms with Gasteiger partial charge in [-0.1, -0.05) is 6.92 Å². The maximum absolute atomic E-state index is 11.9. The number of nitrogens with one attached hydrogen (secondary N) is 3. The number of carbonyl (C=O) groups excluding carboxylic acids is 1. The van der Waals surface area contributed by atoms with Crippen molar-refractivity contribution in [1.82, 2.24) is 15.3 Å². The number of amides is 1. The van der Waals surface area contributed by atoms with Gasteiger partial charge in [0.05, 0.1) is 0 Å². The van der Waals surface area contributed by atoms with Gasteiger partial charge in [-0.05, 0) is 43.1 Å². The van der Waals surface area contributed by atoms with Crippen LogP contribution < -0.4 is 16.0 Å². The summed E-state index contributed by atoms with van der Waals surface area (Å²) in [4.78, 5) is 20.2. The topological polar surface area (TPSA) is 78.9 Å². The lowest BCUT2D eigenvalue weighted by Crippen LogP contribution is -2.41. The molecule has 1 atom stereocenters. The molecule has 1 amide bonds. The van der Waals surface area contributed by atoms with Gasteiger partial charge in [0, 0.05) is 12.6 Å². The van der Waals surface area contributed by atoms with Crippen LogP contribution in [-0.2, 0) is 4.79 Å². The molecule has 1 heterocycles. The lowest BCUT2D eigenvalue weighted by molar-refractivity contribution is -0.122. The maximum atomic E-state index is 11.9. The van der Waals surface area contributed by atoms with Gasteiger partial charge in [-0.3, -0.25) is 4.79 Å². The van der Waals surface area contributed by atoms with Crippen molar-refractivity contribution in [2.24, 2.45) is 0 Å². The molecule has 3 N–H and O–H groups in total. The third kappa shape index (κ3) is 4.96. The predicted octanol–water partition coefficient (Wildman–Crippen LogP) is 2.39. The van der Waals surface area contributed by atoms with E-state index in [-0.39, 0.29) is 18.0 Å². The lowest BCUT2D eigenvalue weighted by Gasteiger charge is -2.18. The van der Waals surface area contributed by atoms with E-state index in [1.165, 1.54) is 6.33 Å². The predicted molar refractivity (Wildman–Crippen MR) is 84.9 cm³/mol. The standard InChI is InChI=1S/C13H22BrN5O/c1-5-6-15-11-10(14)12(17-7-16-11)19-9(4)13(20)18-8(2)3/h7-9H,5-6H2,1-4H3,(H,18,20)(H2,15,16,17,19). The number of hydrogen-bond acceptors (Lipinski definition) is 5. The molecule has 0 aliphatic carbocycles. The van der Waals surface area contributed by atoms with Crippen molar-refractivity contribution in [3.63, 3.8) is 0 Å². The van der Waals surface area contributed by atoms with Crippen LogP contribution in [0.15, 0.2) is 10.8 Å². The zero-order chi connectivity index (χ0) is 15.1. The quantitative estimate of drug-likeness (QED) is 0.708. The van der Waals surface area contributed by atoms with Crippen molar-refractivity contribution in [2.75, 3.05) is 17.2 Å². The molecular formula is C13H22BrN5O. The highest BCUT2D eigenvalue weighted by atomic mass is 79.9. The van der Waals surface area contributed by atoms with Crippen molar-refractivity contribution in [3.05, 3.63) is 10.8 Å². The molecule has 1 unspecified atom stereocenters. The monoisotopic (exact) mass is 343 g/mol. The molecule has 0 aliphatic rings. The molecule has 1 aromatic rings. The Labute approximate surface area is 128 Å². The Bertz CT molecular complexity index is 452. The number of rotatable bonds is 7. The fourth-order valence-corrected chi connectivity index (χ4v) is 1.98. The number of anilines is 2. The Balaban J connectivity index is 2.74. The second-order valence-corrected chi connectivity index (χ2v) is 5.63. The number of nitrogens with zero attached hydrogens (tertiary/aromatic N) is 2. The van der Waals surface area contributed by atoms with Gasteiger partial charge in [0.15, 0.2) is 0 Å². The molecule has 0 aliphatic heterocycles. The minimum atomic E-state index is -0.373. The highest BCUT2D eigenvalue weighted by Crippen LogP contribution is 2.26. The Hall–Kier alpha value is -1.37. The van der Waals surface area contributed by atoms with Gasteiger partial charge in [0.2, 0.25) is 5.91 Å². The van der Waals surface area contributed by atoms with Crippen molar-refractivity contribution >= 4 is 33.5 Å². The SMILES string of the molecule is CCCNc1ncnc(NC(C)C(=O)NC(C)C)c1Br. The Morgan fingerprint density at radius 3 is 2.55 bits per heavy atom. The van der Waals surface area contributed by atoms with Crippen LogP contribution in [0.25, 0.3) is 0 Å². The summed E-state index contributed by atoms with van der Waals surface area (Å²) < 4.78 is 0.734. The second kappa shape index (κ2) is 8.04. The van der Waals surface area contributed by atoms with E-state index in [9.17, 15) is 4.79 Å². The normalized spacial score (nSPS) is 12.1. The first-order chi connectivity index (χ1) is 9.45. The molecule has 0 spiro atoms. The maximum Gasteiger partial charge on any atom is 0.242 e. The summed E-state index contributed by atoms with van der Waals surface area (Å²) in [6.45, 7) is 8.57. The van der Waals surface area contributed by atoms with E-state index >= 15 is 0 Å². The summed E-state index contributed by atoms with van der Waals surface area (Å²) >= 11 is 3.46. The van der Waals surface area contributed by atoms with Gasteiger partial charge < -0.3 is 16.0 Å². The summed E-state index contributed by atoms with van der Waals surface area (Å²) in [5, 5.41) is 9.14. The van der Waals surface area contributed by atoms with Crippen LogP contribution in [0.4, 0.5) is 11.6 Å². The molecule has 7 heteroatoms. The van der Waals surface area contributed by atoms with Gasteiger partial charge in [0.25, 0.3) is 0 Å². The summed E-state index contributed by atoms with van der Waals surface area (Å²) in [5.41, 5.74) is 0. The molecule has 112 valence electrons. The smallest absolute Gasteiger partial charge is 0.242 e. The summed E-state index contributed by atoms with van der Waals surface area (Å²) in [6.07, 6.45) is 2.48. The fraction of sp³-hybridized carbons (Fsp3) is 0.615. The third-order valence-electron chi connectivity index (χ3n) is 2.51. The molecule has 0 fully saturated rings. The largest absolute Gasteiger partial charge is 0.369 e. The lowest BCUT2D eigenvalue weighted by atomic mass is 10.3. The average Bonchev–Trinajstić information content (AvgIpc) is 2.39. The highest BCUT2D eigenvalue weighted by Gasteiger charge is 2.16. The minimum absolute atomic E-state index is 0.0615. The third-order valence-corrected chi connectivity index (χ3v) is 3.26. The Kier molecular flexibility index (Phi) is 6.70. The summed E-state index contributed by atoms with van der Waals surface area (Å²) in [6, 6.07) is -0.259. The highest BCUT2D eigenvalue weighted by molar-refractivity contribution is 9.10. The molecular weight excluding hydrogens is 322 g/mol. The van der Waals surface area contributed by atoms with Crippen LogP contribution >= 0.6 is 15.9 Å². The van der Waals surface area contributed by atoms with E-state index in [0.29, 0.717) is 5.82 Å². The molecule has 1 aromatic heterocycles. The zero-order valence-corrected chi connectivity index (χ0v) is 13.9. The first-order valence-corrected chi connectivity index (χ1v) is 7.56. The van der Waals surface area contributed by atoms with Gasteiger partial charge in [-0.2, -0.15) is 0 Å². The molecule has 0 saturated heterocycles. The molecule has 0 aromatic carbocycles. The number of carbonyl (C=O) groups is 1. The van der Waals surface area contributed by atoms with Crippen LogP contribution in [0, 0.1) is 0 Å². The molecule has 0 radical (unpaired) electrons. The van der Waals surface area contributed by atoms with Gasteiger partial charge in [-0.15, -0.1) is 0 Å². The first-order valence-electron chi connectivity index (χ1n) is 6.77. The van der Waals surface area contributed by atoms with Crippen LogP contribution in [0.3, 0.4) is 0 Å². The van der Waals surface area contributed by atoms with Crippen molar-refractivity contribution in [1.29, 1.82) is 0 Å². The van der Waals surface area contributed by atoms with E-state index in [1.54, 1.807) is 6.92 Å². The number of hydrogen-bond donors (Lipinski definition) is 3. The number of halogens is 1. The van der Waals surface area contributed by atoms with Gasteiger partial charge in [-0.25, -0.2) is 9.97 Å². The summed E-state index contributed by atoms with van der Waals surface area (Å²) in [5.74, 6) is 1.26. The van der Waals surface area contributed by atoms with E-state index < -0.39 is 0 Å². The van der Waals surface area contributed by atoms with Crippen molar-refractivity contribution < 1.29 is 4.79 Å². The molecule has 1 rings (SSSR count). The van der Waals surface area contributed by atoms with Gasteiger partial charge in [0.1, 0.15) is 28.5 Å². The molecule has 0 saturated carbocycles. The zero-order valence-electron chi connectivity index (χ0n) is 12.3. The Morgan fingerprint density at radius 1 is 1.30 bits per heavy atom. The fourth-order valence-electron chi connectivity index (χ4n) is 1.52. The number of aromatic nitrogens is 2. The van der Waals surface area contributed by atoms with E-state index in [2.05, 4.69) is 48.8 Å². The van der Waals surface area contributed by atoms with E-state index in [0.717, 1.165) is 23.3 Å². The van der Waals surface area contributed by atoms with Gasteiger partial charge >= 0.3 is 0 Å². The Morgan fingerprint density at radius 2 is 1.95 bits per heavy atom. The van der Waals surface area contributed by atoms with Crippen LogP contribution in [0.5, 0.6) is 0 Å². The van der Waals surface area contributed by atoms with Crippen LogP contribution in [-0.4, -0.2) is 34.5 Å². The molecule has 6 nitrogen and oxygen atoms in total. The second-order valence-electron chi connectivity index (χ2n) is 4.84. The average molecular weight is 344 g/mol. The van der Waals surface area contributed by atoms with Crippen LogP contribution in [0.2, 0.25) is 0 Å². The first kappa shape index (κ1) is 16.7. The minimum Gasteiger partial charge on any atom is -0.369 e. The molecule has 0 bridgehead atoms. The van der Waals surface area contributed by atoms with E-state index in [4.69, 9.17) is 0 Å². The van der Waals surface area contributed by atoms with E-state index in [1.807, 2.05) is 13.8 Å². The summed E-state index contributed by atoms with van der Waals surface area (Å²) in [7, 11) is 0. The van der Waals surface area contributed by atoms with Crippen LogP contribution in [0.1, 0.15) is 34.1 Å². The molecule has 20 heavy (non-hydrogen) atoms. The van der Waals surface area contributed by atoms with Crippen molar-refractivity contribution in [3.8, 4) is 0 Å². The van der Waals surface area contributed by atoms with Crippen molar-refractivity contribution in [2.45, 2.75) is 46.2 Å².